The summed E-state index contributed by atoms with van der Waals surface area (Å²) in [6.07, 6.45) is 5.61. The van der Waals surface area contributed by atoms with Crippen LogP contribution in [0.1, 0.15) is 31.4 Å². The molecule has 3 aromatic rings. The first-order valence-electron chi connectivity index (χ1n) is 9.92. The van der Waals surface area contributed by atoms with E-state index in [1.807, 2.05) is 31.3 Å². The number of nitrogens with one attached hydrogen (secondary N) is 1. The van der Waals surface area contributed by atoms with Crippen molar-refractivity contribution in [1.82, 2.24) is 20.2 Å². The van der Waals surface area contributed by atoms with Crippen molar-refractivity contribution in [3.05, 3.63) is 36.3 Å². The first-order valence-corrected chi connectivity index (χ1v) is 9.92. The largest absolute Gasteiger partial charge is 0.493 e. The van der Waals surface area contributed by atoms with Gasteiger partial charge in [-0.15, -0.1) is 5.10 Å². The molecule has 1 aromatic carbocycles. The summed E-state index contributed by atoms with van der Waals surface area (Å²) in [6, 6.07) is 5.95. The van der Waals surface area contributed by atoms with E-state index in [0.29, 0.717) is 23.4 Å². The topological polar surface area (TPSA) is 85.3 Å². The maximum absolute atomic E-state index is 5.48. The number of methoxy groups -OCH3 is 2. The van der Waals surface area contributed by atoms with E-state index in [0.717, 1.165) is 54.8 Å². The summed E-state index contributed by atoms with van der Waals surface area (Å²) >= 11 is 0. The number of benzene rings is 1. The van der Waals surface area contributed by atoms with Crippen LogP contribution < -0.4 is 19.7 Å². The number of hydrogen-bond donors (Lipinski definition) is 1. The van der Waals surface area contributed by atoms with Gasteiger partial charge in [-0.05, 0) is 38.0 Å². The number of hydrogen-bond acceptors (Lipinski definition) is 8. The third-order valence-electron chi connectivity index (χ3n) is 5.37. The van der Waals surface area contributed by atoms with Crippen LogP contribution in [0.25, 0.3) is 10.8 Å². The number of fused-ring (bicyclic) bond motifs is 1. The first kappa shape index (κ1) is 19.2. The summed E-state index contributed by atoms with van der Waals surface area (Å²) in [6.45, 7) is 4.65. The Morgan fingerprint density at radius 2 is 1.90 bits per heavy atom. The van der Waals surface area contributed by atoms with Crippen molar-refractivity contribution in [2.45, 2.75) is 25.7 Å². The molecule has 2 aromatic heterocycles. The molecule has 8 nitrogen and oxygen atoms in total. The van der Waals surface area contributed by atoms with Crippen molar-refractivity contribution in [3.8, 4) is 11.5 Å². The molecule has 0 aliphatic carbocycles. The van der Waals surface area contributed by atoms with Gasteiger partial charge < -0.3 is 19.7 Å². The maximum Gasteiger partial charge on any atom is 0.222 e. The average molecular weight is 394 g/mol. The van der Waals surface area contributed by atoms with Crippen molar-refractivity contribution in [2.24, 2.45) is 0 Å². The molecule has 0 spiro atoms. The summed E-state index contributed by atoms with van der Waals surface area (Å²) in [7, 11) is 3.28. The number of nitrogens with zero attached hydrogens (tertiary/aromatic N) is 5. The minimum Gasteiger partial charge on any atom is -0.493 e. The molecule has 4 rings (SSSR count). The number of ether oxygens (including phenoxy) is 2. The summed E-state index contributed by atoms with van der Waals surface area (Å²) in [5, 5.41) is 13.8. The van der Waals surface area contributed by atoms with E-state index in [2.05, 4.69) is 30.4 Å². The number of aromatic nitrogens is 4. The smallest absolute Gasteiger partial charge is 0.222 e. The molecule has 0 radical (unpaired) electrons. The van der Waals surface area contributed by atoms with Gasteiger partial charge in [-0.2, -0.15) is 5.10 Å². The second-order valence-corrected chi connectivity index (χ2v) is 7.06. The molecule has 29 heavy (non-hydrogen) atoms. The Labute approximate surface area is 170 Å². The predicted octanol–water partition coefficient (Wildman–Crippen LogP) is 3.25. The Morgan fingerprint density at radius 3 is 2.62 bits per heavy atom. The number of anilines is 2. The van der Waals surface area contributed by atoms with Gasteiger partial charge in [0.05, 0.1) is 20.4 Å². The standard InChI is InChI=1S/C21H26N6O2/c1-4-22-21-23-8-5-17(25-21)14-6-9-27(10-7-14)20-16-12-19(29-3)18(28-2)11-15(16)13-24-26-20/h5,8,11-14H,4,6-7,9-10H2,1-3H3,(H,22,23,25). The Hall–Kier alpha value is -3.16. The molecule has 3 heterocycles. The van der Waals surface area contributed by atoms with E-state index in [9.17, 15) is 0 Å². The number of piperidine rings is 1. The minimum atomic E-state index is 0.421. The lowest BCUT2D eigenvalue weighted by Gasteiger charge is -2.33. The minimum absolute atomic E-state index is 0.421. The zero-order chi connectivity index (χ0) is 20.2. The third-order valence-corrected chi connectivity index (χ3v) is 5.37. The normalized spacial score (nSPS) is 14.8. The van der Waals surface area contributed by atoms with Gasteiger partial charge in [-0.1, -0.05) is 0 Å². The SMILES string of the molecule is CCNc1nccc(C2CCN(c3nncc4cc(OC)c(OC)cc34)CC2)n1. The van der Waals surface area contributed by atoms with E-state index < -0.39 is 0 Å². The molecule has 0 saturated carbocycles. The Morgan fingerprint density at radius 1 is 1.14 bits per heavy atom. The lowest BCUT2D eigenvalue weighted by atomic mass is 9.93. The van der Waals surface area contributed by atoms with Gasteiger partial charge in [0.1, 0.15) is 0 Å². The molecule has 1 saturated heterocycles. The van der Waals surface area contributed by atoms with E-state index in [4.69, 9.17) is 9.47 Å². The monoisotopic (exact) mass is 394 g/mol. The van der Waals surface area contributed by atoms with Crippen molar-refractivity contribution in [3.63, 3.8) is 0 Å². The molecule has 0 bridgehead atoms. The second kappa shape index (κ2) is 8.46. The lowest BCUT2D eigenvalue weighted by molar-refractivity contribution is 0.356. The van der Waals surface area contributed by atoms with Gasteiger partial charge >= 0.3 is 0 Å². The summed E-state index contributed by atoms with van der Waals surface area (Å²) in [5.74, 6) is 3.40. The van der Waals surface area contributed by atoms with Crippen LogP contribution in [0.15, 0.2) is 30.6 Å². The summed E-state index contributed by atoms with van der Waals surface area (Å²) < 4.78 is 10.9. The van der Waals surface area contributed by atoms with Crippen LogP contribution in [0.5, 0.6) is 11.5 Å². The zero-order valence-electron chi connectivity index (χ0n) is 17.1. The Kier molecular flexibility index (Phi) is 5.59. The summed E-state index contributed by atoms with van der Waals surface area (Å²) in [4.78, 5) is 11.3. The highest BCUT2D eigenvalue weighted by molar-refractivity contribution is 5.94. The van der Waals surface area contributed by atoms with Crippen LogP contribution in [-0.4, -0.2) is 54.0 Å². The van der Waals surface area contributed by atoms with Crippen LogP contribution in [0.2, 0.25) is 0 Å². The van der Waals surface area contributed by atoms with Gasteiger partial charge in [0.2, 0.25) is 5.95 Å². The van der Waals surface area contributed by atoms with Crippen molar-refractivity contribution in [1.29, 1.82) is 0 Å². The van der Waals surface area contributed by atoms with Crippen molar-refractivity contribution in [2.75, 3.05) is 44.1 Å². The fraction of sp³-hybridized carbons (Fsp3) is 0.429. The maximum atomic E-state index is 5.48. The van der Waals surface area contributed by atoms with Crippen LogP contribution in [0.3, 0.4) is 0 Å². The highest BCUT2D eigenvalue weighted by atomic mass is 16.5. The molecule has 0 unspecified atom stereocenters. The molecule has 1 fully saturated rings. The molecular formula is C21H26N6O2. The fourth-order valence-corrected chi connectivity index (χ4v) is 3.86. The highest BCUT2D eigenvalue weighted by Crippen LogP contribution is 2.37. The van der Waals surface area contributed by atoms with E-state index in [1.165, 1.54) is 0 Å². The van der Waals surface area contributed by atoms with Crippen LogP contribution >= 0.6 is 0 Å². The lowest BCUT2D eigenvalue weighted by Crippen LogP contribution is -2.34. The van der Waals surface area contributed by atoms with Crippen molar-refractivity contribution < 1.29 is 9.47 Å². The molecular weight excluding hydrogens is 368 g/mol. The van der Waals surface area contributed by atoms with Gasteiger partial charge in [-0.3, -0.25) is 0 Å². The molecule has 8 heteroatoms. The van der Waals surface area contributed by atoms with Crippen LogP contribution in [0.4, 0.5) is 11.8 Å². The average Bonchev–Trinajstić information content (AvgIpc) is 2.78. The fourth-order valence-electron chi connectivity index (χ4n) is 3.86. The van der Waals surface area contributed by atoms with Gasteiger partial charge in [0, 0.05) is 48.2 Å². The van der Waals surface area contributed by atoms with Crippen LogP contribution in [-0.2, 0) is 0 Å². The molecule has 1 aliphatic heterocycles. The molecule has 1 N–H and O–H groups in total. The van der Waals surface area contributed by atoms with Gasteiger partial charge in [0.15, 0.2) is 17.3 Å². The molecule has 152 valence electrons. The summed E-state index contributed by atoms with van der Waals surface area (Å²) in [5.41, 5.74) is 1.10. The third kappa shape index (κ3) is 3.87. The Bertz CT molecular complexity index is 988. The Balaban J connectivity index is 1.55. The zero-order valence-corrected chi connectivity index (χ0v) is 17.1. The van der Waals surface area contributed by atoms with E-state index in [1.54, 1.807) is 20.4 Å². The van der Waals surface area contributed by atoms with E-state index >= 15 is 0 Å². The molecule has 0 atom stereocenters. The van der Waals surface area contributed by atoms with Gasteiger partial charge in [-0.25, -0.2) is 9.97 Å². The van der Waals surface area contributed by atoms with E-state index in [-0.39, 0.29) is 0 Å². The van der Waals surface area contributed by atoms with Crippen LogP contribution in [0, 0.1) is 0 Å². The van der Waals surface area contributed by atoms with Gasteiger partial charge in [0.25, 0.3) is 0 Å². The molecule has 1 aliphatic rings. The number of rotatable bonds is 6. The molecule has 0 amide bonds. The second-order valence-electron chi connectivity index (χ2n) is 7.06. The highest BCUT2D eigenvalue weighted by Gasteiger charge is 2.24. The quantitative estimate of drug-likeness (QED) is 0.682. The first-order chi connectivity index (χ1) is 14.2. The van der Waals surface area contributed by atoms with Crippen molar-refractivity contribution >= 4 is 22.5 Å². The predicted molar refractivity (Wildman–Crippen MR) is 113 cm³/mol.